The first-order chi connectivity index (χ1) is 13.9. The summed E-state index contributed by atoms with van der Waals surface area (Å²) in [6.07, 6.45) is 0.682. The minimum Gasteiger partial charge on any atom is -0.496 e. The third-order valence-corrected chi connectivity index (χ3v) is 7.62. The molecule has 2 atom stereocenters. The standard InChI is InChI=1S/C21H23ClN2O4S/c1-28-20-5-3-2-4-15(20)10-11-23-12-21(25)24(17-8-6-16(22)7-9-17)19-14-29(26,27)13-18(19)23/h2-9,18-19H,10-14H2,1H3/t18-,19+/m1/s1. The molecule has 2 aliphatic heterocycles. The van der Waals surface area contributed by atoms with Gasteiger partial charge in [-0.1, -0.05) is 29.8 Å². The van der Waals surface area contributed by atoms with E-state index in [0.29, 0.717) is 23.7 Å². The molecule has 2 heterocycles. The average molecular weight is 435 g/mol. The zero-order valence-corrected chi connectivity index (χ0v) is 17.7. The summed E-state index contributed by atoms with van der Waals surface area (Å²) in [7, 11) is -1.58. The Kier molecular flexibility index (Phi) is 5.55. The molecular formula is C21H23ClN2O4S. The van der Waals surface area contributed by atoms with Gasteiger partial charge in [-0.3, -0.25) is 9.69 Å². The SMILES string of the molecule is COc1ccccc1CCN1CC(=O)N(c2ccc(Cl)cc2)[C@H]2CS(=O)(=O)C[C@H]21. The molecule has 6 nitrogen and oxygen atoms in total. The van der Waals surface area contributed by atoms with Crippen LogP contribution in [0.5, 0.6) is 5.75 Å². The Morgan fingerprint density at radius 1 is 1.07 bits per heavy atom. The number of anilines is 1. The number of carbonyl (C=O) groups is 1. The molecule has 2 aromatic rings. The minimum absolute atomic E-state index is 0.0167. The second-order valence-electron chi connectivity index (χ2n) is 7.48. The van der Waals surface area contributed by atoms with Gasteiger partial charge in [-0.15, -0.1) is 0 Å². The first kappa shape index (κ1) is 20.2. The third kappa shape index (κ3) is 4.13. The fraction of sp³-hybridized carbons (Fsp3) is 0.381. The van der Waals surface area contributed by atoms with Crippen LogP contribution in [-0.4, -0.2) is 63.0 Å². The zero-order chi connectivity index (χ0) is 20.6. The first-order valence-corrected chi connectivity index (χ1v) is 11.7. The lowest BCUT2D eigenvalue weighted by atomic mass is 10.0. The van der Waals surface area contributed by atoms with Crippen molar-refractivity contribution in [3.05, 3.63) is 59.1 Å². The highest BCUT2D eigenvalue weighted by Gasteiger charge is 2.49. The predicted octanol–water partition coefficient (Wildman–Crippen LogP) is 2.41. The van der Waals surface area contributed by atoms with E-state index in [0.717, 1.165) is 11.3 Å². The molecule has 0 radical (unpaired) electrons. The molecule has 2 aromatic carbocycles. The Morgan fingerprint density at radius 3 is 2.48 bits per heavy atom. The monoisotopic (exact) mass is 434 g/mol. The van der Waals surface area contributed by atoms with E-state index in [1.54, 1.807) is 36.3 Å². The van der Waals surface area contributed by atoms with Crippen molar-refractivity contribution in [2.75, 3.05) is 36.6 Å². The Labute approximate surface area is 175 Å². The van der Waals surface area contributed by atoms with Crippen LogP contribution >= 0.6 is 11.6 Å². The summed E-state index contributed by atoms with van der Waals surface area (Å²) < 4.78 is 30.3. The second-order valence-corrected chi connectivity index (χ2v) is 10.1. The van der Waals surface area contributed by atoms with E-state index >= 15 is 0 Å². The minimum atomic E-state index is -3.22. The zero-order valence-electron chi connectivity index (χ0n) is 16.1. The number of hydrogen-bond donors (Lipinski definition) is 0. The Hall–Kier alpha value is -2.09. The number of hydrogen-bond acceptors (Lipinski definition) is 5. The molecule has 0 unspecified atom stereocenters. The van der Waals surface area contributed by atoms with Gasteiger partial charge in [0.1, 0.15) is 5.75 Å². The number of methoxy groups -OCH3 is 1. The number of nitrogens with zero attached hydrogens (tertiary/aromatic N) is 2. The summed E-state index contributed by atoms with van der Waals surface area (Å²) in [6, 6.07) is 14.1. The molecule has 0 aromatic heterocycles. The van der Waals surface area contributed by atoms with Crippen LogP contribution in [0.25, 0.3) is 0 Å². The summed E-state index contributed by atoms with van der Waals surface area (Å²) in [6.45, 7) is 0.783. The maximum absolute atomic E-state index is 13.0. The Balaban J connectivity index is 1.58. The maximum Gasteiger partial charge on any atom is 0.241 e. The first-order valence-electron chi connectivity index (χ1n) is 9.52. The van der Waals surface area contributed by atoms with Crippen LogP contribution in [0.2, 0.25) is 5.02 Å². The highest BCUT2D eigenvalue weighted by atomic mass is 35.5. The van der Waals surface area contributed by atoms with E-state index in [2.05, 4.69) is 0 Å². The average Bonchev–Trinajstić information content (AvgIpc) is 3.02. The van der Waals surface area contributed by atoms with Crippen LogP contribution in [0, 0.1) is 0 Å². The number of para-hydroxylation sites is 1. The van der Waals surface area contributed by atoms with Crippen LogP contribution in [0.3, 0.4) is 0 Å². The van der Waals surface area contributed by atoms with E-state index in [-0.39, 0.29) is 36.0 Å². The van der Waals surface area contributed by atoms with Gasteiger partial charge >= 0.3 is 0 Å². The summed E-state index contributed by atoms with van der Waals surface area (Å²) in [5.74, 6) is 0.762. The topological polar surface area (TPSA) is 66.9 Å². The van der Waals surface area contributed by atoms with Crippen molar-refractivity contribution in [1.29, 1.82) is 0 Å². The van der Waals surface area contributed by atoms with Crippen molar-refractivity contribution in [2.45, 2.75) is 18.5 Å². The number of rotatable bonds is 5. The van der Waals surface area contributed by atoms with Gasteiger partial charge < -0.3 is 9.64 Å². The van der Waals surface area contributed by atoms with Crippen molar-refractivity contribution in [3.63, 3.8) is 0 Å². The lowest BCUT2D eigenvalue weighted by molar-refractivity contribution is -0.123. The second kappa shape index (κ2) is 7.97. The number of sulfone groups is 1. The Bertz CT molecular complexity index is 1010. The quantitative estimate of drug-likeness (QED) is 0.723. The number of carbonyl (C=O) groups excluding carboxylic acids is 1. The van der Waals surface area contributed by atoms with Crippen molar-refractivity contribution < 1.29 is 17.9 Å². The van der Waals surface area contributed by atoms with Crippen LogP contribution in [0.1, 0.15) is 5.56 Å². The summed E-state index contributed by atoms with van der Waals surface area (Å²) >= 11 is 5.97. The van der Waals surface area contributed by atoms with Gasteiger partial charge in [-0.05, 0) is 42.3 Å². The van der Waals surface area contributed by atoms with Gasteiger partial charge in [0, 0.05) is 23.3 Å². The predicted molar refractivity (Wildman–Crippen MR) is 113 cm³/mol. The number of ether oxygens (including phenoxy) is 1. The number of benzene rings is 2. The number of fused-ring (bicyclic) bond motifs is 1. The van der Waals surface area contributed by atoms with Crippen LogP contribution in [-0.2, 0) is 21.1 Å². The molecule has 29 heavy (non-hydrogen) atoms. The molecular weight excluding hydrogens is 412 g/mol. The van der Waals surface area contributed by atoms with E-state index < -0.39 is 9.84 Å². The molecule has 0 saturated carbocycles. The van der Waals surface area contributed by atoms with Gasteiger partial charge in [0.2, 0.25) is 5.91 Å². The Morgan fingerprint density at radius 2 is 1.76 bits per heavy atom. The van der Waals surface area contributed by atoms with E-state index in [9.17, 15) is 13.2 Å². The molecule has 2 fully saturated rings. The lowest BCUT2D eigenvalue weighted by Gasteiger charge is -2.43. The van der Waals surface area contributed by atoms with Crippen LogP contribution < -0.4 is 9.64 Å². The van der Waals surface area contributed by atoms with Crippen molar-refractivity contribution in [3.8, 4) is 5.75 Å². The molecule has 0 N–H and O–H groups in total. The molecule has 8 heteroatoms. The van der Waals surface area contributed by atoms with Gasteiger partial charge in [-0.2, -0.15) is 0 Å². The molecule has 154 valence electrons. The van der Waals surface area contributed by atoms with E-state index in [1.165, 1.54) is 0 Å². The largest absolute Gasteiger partial charge is 0.496 e. The number of halogens is 1. The van der Waals surface area contributed by atoms with Gasteiger partial charge in [0.15, 0.2) is 9.84 Å². The summed E-state index contributed by atoms with van der Waals surface area (Å²) in [4.78, 5) is 16.7. The lowest BCUT2D eigenvalue weighted by Crippen LogP contribution is -2.62. The molecule has 0 aliphatic carbocycles. The number of piperazine rings is 1. The maximum atomic E-state index is 13.0. The summed E-state index contributed by atoms with van der Waals surface area (Å²) in [5.41, 5.74) is 1.73. The van der Waals surface area contributed by atoms with Gasteiger partial charge in [0.05, 0.1) is 31.2 Å². The molecule has 0 spiro atoms. The fourth-order valence-corrected chi connectivity index (χ4v) is 6.42. The van der Waals surface area contributed by atoms with Gasteiger partial charge in [0.25, 0.3) is 0 Å². The molecule has 2 aliphatic rings. The highest BCUT2D eigenvalue weighted by molar-refractivity contribution is 7.91. The smallest absolute Gasteiger partial charge is 0.241 e. The van der Waals surface area contributed by atoms with Crippen molar-refractivity contribution >= 4 is 33.0 Å². The molecule has 2 saturated heterocycles. The van der Waals surface area contributed by atoms with E-state index in [4.69, 9.17) is 16.3 Å². The molecule has 1 amide bonds. The van der Waals surface area contributed by atoms with Crippen molar-refractivity contribution in [1.82, 2.24) is 4.90 Å². The molecule has 4 rings (SSSR count). The van der Waals surface area contributed by atoms with Crippen molar-refractivity contribution in [2.24, 2.45) is 0 Å². The van der Waals surface area contributed by atoms with Gasteiger partial charge in [-0.25, -0.2) is 8.42 Å². The normalized spacial score (nSPS) is 23.8. The van der Waals surface area contributed by atoms with Crippen LogP contribution in [0.15, 0.2) is 48.5 Å². The van der Waals surface area contributed by atoms with Crippen LogP contribution in [0.4, 0.5) is 5.69 Å². The summed E-state index contributed by atoms with van der Waals surface area (Å²) in [5, 5.41) is 0.576. The van der Waals surface area contributed by atoms with E-state index in [1.807, 2.05) is 29.2 Å². The third-order valence-electron chi connectivity index (χ3n) is 5.67. The number of amides is 1. The highest BCUT2D eigenvalue weighted by Crippen LogP contribution is 2.32. The molecule has 0 bridgehead atoms. The fourth-order valence-electron chi connectivity index (χ4n) is 4.31.